The van der Waals surface area contributed by atoms with Crippen molar-refractivity contribution in [3.8, 4) is 17.0 Å². The van der Waals surface area contributed by atoms with Gasteiger partial charge in [-0.3, -0.25) is 10.1 Å². The Bertz CT molecular complexity index is 722. The predicted octanol–water partition coefficient (Wildman–Crippen LogP) is 3.88. The summed E-state index contributed by atoms with van der Waals surface area (Å²) in [7, 11) is 0. The summed E-state index contributed by atoms with van der Waals surface area (Å²) in [5.41, 5.74) is 2.61. The van der Waals surface area contributed by atoms with Crippen molar-refractivity contribution in [3.63, 3.8) is 0 Å². The number of hydrogen-bond donors (Lipinski definition) is 1. The molecule has 0 saturated carbocycles. The highest BCUT2D eigenvalue weighted by atomic mass is 32.1. The molecule has 6 heteroatoms. The van der Waals surface area contributed by atoms with Gasteiger partial charge in [0, 0.05) is 22.9 Å². The average Bonchev–Trinajstić information content (AvgIpc) is 3.09. The van der Waals surface area contributed by atoms with Gasteiger partial charge in [-0.1, -0.05) is 13.0 Å². The van der Waals surface area contributed by atoms with Gasteiger partial charge in [0.2, 0.25) is 0 Å². The first-order valence-corrected chi connectivity index (χ1v) is 8.91. The van der Waals surface area contributed by atoms with Gasteiger partial charge in [0.25, 0.3) is 5.91 Å². The second kappa shape index (κ2) is 8.08. The fourth-order valence-electron chi connectivity index (χ4n) is 2.32. The Hall–Kier alpha value is -2.18. The van der Waals surface area contributed by atoms with Crippen molar-refractivity contribution < 1.29 is 14.3 Å². The van der Waals surface area contributed by atoms with E-state index < -0.39 is 0 Å². The summed E-state index contributed by atoms with van der Waals surface area (Å²) in [6.07, 6.45) is 3.45. The fraction of sp³-hybridized carbons (Fsp3) is 0.333. The van der Waals surface area contributed by atoms with Gasteiger partial charge < -0.3 is 9.47 Å². The van der Waals surface area contributed by atoms with E-state index >= 15 is 0 Å². The summed E-state index contributed by atoms with van der Waals surface area (Å²) >= 11 is 1.42. The van der Waals surface area contributed by atoms with Crippen LogP contribution in [-0.2, 0) is 9.53 Å². The van der Waals surface area contributed by atoms with Crippen LogP contribution in [0.2, 0.25) is 0 Å². The Labute approximate surface area is 145 Å². The van der Waals surface area contributed by atoms with Crippen LogP contribution in [0.5, 0.6) is 5.75 Å². The van der Waals surface area contributed by atoms with Gasteiger partial charge >= 0.3 is 0 Å². The predicted molar refractivity (Wildman–Crippen MR) is 95.5 cm³/mol. The van der Waals surface area contributed by atoms with Gasteiger partial charge in [-0.25, -0.2) is 4.98 Å². The molecule has 0 saturated heterocycles. The molecule has 1 aromatic carbocycles. The number of thiazole rings is 1. The lowest BCUT2D eigenvalue weighted by Gasteiger charge is -2.12. The molecule has 1 amide bonds. The van der Waals surface area contributed by atoms with Crippen molar-refractivity contribution >= 4 is 22.4 Å². The molecule has 1 N–H and O–H groups in total. The van der Waals surface area contributed by atoms with E-state index in [2.05, 4.69) is 17.2 Å². The standard InChI is InChI=1S/C18H20N2O3S/c1-2-9-23-15-5-3-13(4-6-15)16-12-24-18(19-16)20-17(21)14-7-10-22-11-8-14/h3-7,12H,2,8-11H2,1H3,(H,19,20,21). The monoisotopic (exact) mass is 344 g/mol. The molecule has 1 aromatic heterocycles. The highest BCUT2D eigenvalue weighted by Crippen LogP contribution is 2.27. The zero-order valence-corrected chi connectivity index (χ0v) is 14.4. The van der Waals surface area contributed by atoms with E-state index in [1.54, 1.807) is 0 Å². The first-order chi connectivity index (χ1) is 11.8. The highest BCUT2D eigenvalue weighted by molar-refractivity contribution is 7.14. The molecule has 0 unspecified atom stereocenters. The molecule has 2 aromatic rings. The Kier molecular flexibility index (Phi) is 5.61. The Balaban J connectivity index is 1.64. The van der Waals surface area contributed by atoms with Crippen molar-refractivity contribution in [2.24, 2.45) is 0 Å². The third-order valence-corrected chi connectivity index (χ3v) is 4.36. The minimum Gasteiger partial charge on any atom is -0.494 e. The summed E-state index contributed by atoms with van der Waals surface area (Å²) in [6.45, 7) is 3.89. The summed E-state index contributed by atoms with van der Waals surface area (Å²) in [6, 6.07) is 7.84. The summed E-state index contributed by atoms with van der Waals surface area (Å²) in [4.78, 5) is 16.7. The minimum atomic E-state index is -0.0949. The van der Waals surface area contributed by atoms with Crippen LogP contribution in [0.1, 0.15) is 19.8 Å². The molecule has 0 fully saturated rings. The van der Waals surface area contributed by atoms with Crippen LogP contribution in [-0.4, -0.2) is 30.7 Å². The maximum Gasteiger partial charge on any atom is 0.253 e. The van der Waals surface area contributed by atoms with E-state index in [1.165, 1.54) is 11.3 Å². The molecule has 1 aliphatic heterocycles. The Morgan fingerprint density at radius 3 is 2.92 bits per heavy atom. The van der Waals surface area contributed by atoms with E-state index in [0.29, 0.717) is 31.4 Å². The smallest absolute Gasteiger partial charge is 0.253 e. The topological polar surface area (TPSA) is 60.5 Å². The van der Waals surface area contributed by atoms with Crippen LogP contribution in [0, 0.1) is 0 Å². The number of nitrogens with zero attached hydrogens (tertiary/aromatic N) is 1. The lowest BCUT2D eigenvalue weighted by molar-refractivity contribution is -0.113. The first kappa shape index (κ1) is 16.7. The van der Waals surface area contributed by atoms with Gasteiger partial charge in [0.15, 0.2) is 5.13 Å². The molecule has 0 bridgehead atoms. The molecule has 2 heterocycles. The van der Waals surface area contributed by atoms with Crippen LogP contribution in [0.15, 0.2) is 41.3 Å². The highest BCUT2D eigenvalue weighted by Gasteiger charge is 2.14. The average molecular weight is 344 g/mol. The van der Waals surface area contributed by atoms with E-state index in [-0.39, 0.29) is 5.91 Å². The number of aromatic nitrogens is 1. The van der Waals surface area contributed by atoms with Crippen LogP contribution in [0.4, 0.5) is 5.13 Å². The minimum absolute atomic E-state index is 0.0949. The van der Waals surface area contributed by atoms with Crippen molar-refractivity contribution in [1.29, 1.82) is 0 Å². The second-order valence-electron chi connectivity index (χ2n) is 5.42. The molecule has 24 heavy (non-hydrogen) atoms. The molecule has 0 radical (unpaired) electrons. The number of hydrogen-bond acceptors (Lipinski definition) is 5. The summed E-state index contributed by atoms with van der Waals surface area (Å²) in [5.74, 6) is 0.762. The summed E-state index contributed by atoms with van der Waals surface area (Å²) < 4.78 is 10.8. The van der Waals surface area contributed by atoms with Crippen molar-refractivity contribution in [2.45, 2.75) is 19.8 Å². The van der Waals surface area contributed by atoms with Gasteiger partial charge in [-0.05, 0) is 30.7 Å². The van der Waals surface area contributed by atoms with Crippen LogP contribution < -0.4 is 10.1 Å². The lowest BCUT2D eigenvalue weighted by atomic mass is 10.1. The Morgan fingerprint density at radius 2 is 2.21 bits per heavy atom. The molecule has 126 valence electrons. The van der Waals surface area contributed by atoms with E-state index in [4.69, 9.17) is 9.47 Å². The van der Waals surface area contributed by atoms with Crippen molar-refractivity contribution in [1.82, 2.24) is 4.98 Å². The molecule has 3 rings (SSSR count). The molecule has 0 spiro atoms. The van der Waals surface area contributed by atoms with Gasteiger partial charge in [0.1, 0.15) is 5.75 Å². The van der Waals surface area contributed by atoms with Crippen LogP contribution in [0.25, 0.3) is 11.3 Å². The number of ether oxygens (including phenoxy) is 2. The number of carbonyl (C=O) groups excluding carboxylic acids is 1. The number of rotatable bonds is 6. The fourth-order valence-corrected chi connectivity index (χ4v) is 3.03. The van der Waals surface area contributed by atoms with Gasteiger partial charge in [0.05, 0.1) is 25.5 Å². The van der Waals surface area contributed by atoms with E-state index in [1.807, 2.05) is 35.7 Å². The SMILES string of the molecule is CCCOc1ccc(-c2csc(NC(=O)C3=CCOCC3)n2)cc1. The normalized spacial score (nSPS) is 14.1. The number of nitrogens with one attached hydrogen (secondary N) is 1. The maximum atomic E-state index is 12.2. The number of anilines is 1. The zero-order valence-electron chi connectivity index (χ0n) is 13.6. The maximum absolute atomic E-state index is 12.2. The molecule has 1 aliphatic rings. The van der Waals surface area contributed by atoms with Gasteiger partial charge in [-0.15, -0.1) is 11.3 Å². The van der Waals surface area contributed by atoms with E-state index in [0.717, 1.165) is 29.0 Å². The van der Waals surface area contributed by atoms with Gasteiger partial charge in [-0.2, -0.15) is 0 Å². The molecular formula is C18H20N2O3S. The van der Waals surface area contributed by atoms with E-state index in [9.17, 15) is 4.79 Å². The molecule has 5 nitrogen and oxygen atoms in total. The molecule has 0 atom stereocenters. The lowest BCUT2D eigenvalue weighted by Crippen LogP contribution is -2.18. The van der Waals surface area contributed by atoms with Crippen molar-refractivity contribution in [3.05, 3.63) is 41.3 Å². The molecular weight excluding hydrogens is 324 g/mol. The third kappa shape index (κ3) is 4.21. The first-order valence-electron chi connectivity index (χ1n) is 8.03. The third-order valence-electron chi connectivity index (χ3n) is 3.60. The molecule has 0 aliphatic carbocycles. The van der Waals surface area contributed by atoms with Crippen LogP contribution in [0.3, 0.4) is 0 Å². The van der Waals surface area contributed by atoms with Crippen LogP contribution >= 0.6 is 11.3 Å². The number of benzene rings is 1. The Morgan fingerprint density at radius 1 is 1.38 bits per heavy atom. The number of amides is 1. The zero-order chi connectivity index (χ0) is 16.8. The summed E-state index contributed by atoms with van der Waals surface area (Å²) in [5, 5.41) is 5.41. The van der Waals surface area contributed by atoms with Crippen molar-refractivity contribution in [2.75, 3.05) is 25.1 Å². The second-order valence-corrected chi connectivity index (χ2v) is 6.28. The largest absolute Gasteiger partial charge is 0.494 e. The quantitative estimate of drug-likeness (QED) is 0.864. The number of carbonyl (C=O) groups is 1.